The van der Waals surface area contributed by atoms with Gasteiger partial charge in [-0.1, -0.05) is 18.7 Å². The largest absolute Gasteiger partial charge is 0.392 e. The molecule has 0 fully saturated rings. The number of rotatable bonds is 3. The number of aliphatic hydroxyl groups is 1. The van der Waals surface area contributed by atoms with E-state index >= 15 is 0 Å². The van der Waals surface area contributed by atoms with E-state index in [1.807, 2.05) is 14.0 Å². The van der Waals surface area contributed by atoms with Crippen molar-refractivity contribution in [1.82, 2.24) is 14.8 Å². The van der Waals surface area contributed by atoms with Crippen LogP contribution in [-0.4, -0.2) is 31.2 Å². The molecule has 0 aliphatic heterocycles. The van der Waals surface area contributed by atoms with Gasteiger partial charge in [0.25, 0.3) is 0 Å². The fraction of sp³-hybridized carbons (Fsp3) is 0.714. The van der Waals surface area contributed by atoms with Crippen LogP contribution in [0.25, 0.3) is 0 Å². The molecule has 1 heterocycles. The van der Waals surface area contributed by atoms with Gasteiger partial charge in [0.1, 0.15) is 6.33 Å². The number of thioether (sulfide) groups is 1. The maximum atomic E-state index is 9.23. The molecule has 1 rings (SSSR count). The van der Waals surface area contributed by atoms with Gasteiger partial charge < -0.3 is 5.11 Å². The minimum Gasteiger partial charge on any atom is -0.392 e. The molecule has 0 aliphatic rings. The quantitative estimate of drug-likeness (QED) is 0.707. The van der Waals surface area contributed by atoms with E-state index in [4.69, 9.17) is 0 Å². The maximum Gasteiger partial charge on any atom is 0.186 e. The standard InChI is InChI=1S/C7H13N3OS/c1-5(11)6(2)12-7-8-4-9-10(7)3/h4-6,11H,1-3H3. The van der Waals surface area contributed by atoms with E-state index in [0.717, 1.165) is 5.16 Å². The van der Waals surface area contributed by atoms with Crippen molar-refractivity contribution in [1.29, 1.82) is 0 Å². The second-order valence-electron chi connectivity index (χ2n) is 2.73. The van der Waals surface area contributed by atoms with Crippen molar-refractivity contribution in [3.05, 3.63) is 6.33 Å². The first-order chi connectivity index (χ1) is 5.61. The Kier molecular flexibility index (Phi) is 3.11. The topological polar surface area (TPSA) is 50.9 Å². The summed E-state index contributed by atoms with van der Waals surface area (Å²) in [6.07, 6.45) is 1.18. The van der Waals surface area contributed by atoms with Crippen LogP contribution in [0.1, 0.15) is 13.8 Å². The molecule has 0 bridgehead atoms. The molecule has 4 nitrogen and oxygen atoms in total. The van der Waals surface area contributed by atoms with E-state index in [1.54, 1.807) is 11.6 Å². The summed E-state index contributed by atoms with van der Waals surface area (Å²) in [5.41, 5.74) is 0. The van der Waals surface area contributed by atoms with Crippen LogP contribution >= 0.6 is 11.8 Å². The first-order valence-corrected chi connectivity index (χ1v) is 4.68. The van der Waals surface area contributed by atoms with Crippen molar-refractivity contribution in [2.45, 2.75) is 30.4 Å². The minimum atomic E-state index is -0.327. The molecule has 68 valence electrons. The van der Waals surface area contributed by atoms with Gasteiger partial charge in [-0.25, -0.2) is 9.67 Å². The summed E-state index contributed by atoms with van der Waals surface area (Å²) in [6, 6.07) is 0. The van der Waals surface area contributed by atoms with Crippen LogP contribution in [0.15, 0.2) is 11.5 Å². The normalized spacial score (nSPS) is 16.0. The SMILES string of the molecule is CC(O)C(C)Sc1ncnn1C. The lowest BCUT2D eigenvalue weighted by molar-refractivity contribution is 0.196. The molecule has 1 aromatic rings. The molecule has 5 heteroatoms. The van der Waals surface area contributed by atoms with Crippen LogP contribution in [-0.2, 0) is 7.05 Å². The molecule has 0 aromatic carbocycles. The van der Waals surface area contributed by atoms with Crippen molar-refractivity contribution >= 4 is 11.8 Å². The van der Waals surface area contributed by atoms with Crippen molar-refractivity contribution < 1.29 is 5.11 Å². The zero-order chi connectivity index (χ0) is 9.14. The van der Waals surface area contributed by atoms with Crippen LogP contribution < -0.4 is 0 Å². The predicted octanol–water partition coefficient (Wildman–Crippen LogP) is 0.676. The Morgan fingerprint density at radius 2 is 2.25 bits per heavy atom. The number of aromatic nitrogens is 3. The Balaban J connectivity index is 2.58. The van der Waals surface area contributed by atoms with Gasteiger partial charge in [0.2, 0.25) is 0 Å². The van der Waals surface area contributed by atoms with E-state index in [2.05, 4.69) is 10.1 Å². The zero-order valence-electron chi connectivity index (χ0n) is 7.43. The molecule has 12 heavy (non-hydrogen) atoms. The molecule has 1 aromatic heterocycles. The molecule has 2 unspecified atom stereocenters. The molecule has 0 amide bonds. The summed E-state index contributed by atoms with van der Waals surface area (Å²) >= 11 is 1.52. The molecule has 0 saturated heterocycles. The van der Waals surface area contributed by atoms with E-state index < -0.39 is 0 Å². The predicted molar refractivity (Wildman–Crippen MR) is 48.0 cm³/mol. The van der Waals surface area contributed by atoms with E-state index in [1.165, 1.54) is 18.1 Å². The number of nitrogens with zero attached hydrogens (tertiary/aromatic N) is 3. The highest BCUT2D eigenvalue weighted by atomic mass is 32.2. The molecule has 0 radical (unpaired) electrons. The summed E-state index contributed by atoms with van der Waals surface area (Å²) in [7, 11) is 1.84. The third-order valence-electron chi connectivity index (χ3n) is 1.64. The van der Waals surface area contributed by atoms with Crippen molar-refractivity contribution in [3.8, 4) is 0 Å². The summed E-state index contributed by atoms with van der Waals surface area (Å²) in [5.74, 6) is 0. The van der Waals surface area contributed by atoms with Crippen LogP contribution in [0.5, 0.6) is 0 Å². The van der Waals surface area contributed by atoms with Crippen molar-refractivity contribution in [2.75, 3.05) is 0 Å². The Bertz CT molecular complexity index is 249. The third-order valence-corrected chi connectivity index (χ3v) is 2.99. The number of hydrogen-bond donors (Lipinski definition) is 1. The molecule has 2 atom stereocenters. The molecule has 1 N–H and O–H groups in total. The van der Waals surface area contributed by atoms with Gasteiger partial charge in [-0.15, -0.1) is 0 Å². The van der Waals surface area contributed by atoms with Crippen molar-refractivity contribution in [3.63, 3.8) is 0 Å². The van der Waals surface area contributed by atoms with E-state index in [0.29, 0.717) is 0 Å². The summed E-state index contributed by atoms with van der Waals surface area (Å²) < 4.78 is 1.70. The molecule has 0 saturated carbocycles. The second kappa shape index (κ2) is 3.91. The van der Waals surface area contributed by atoms with Gasteiger partial charge in [0.05, 0.1) is 6.10 Å². The Morgan fingerprint density at radius 1 is 1.58 bits per heavy atom. The highest BCUT2D eigenvalue weighted by Gasteiger charge is 2.12. The fourth-order valence-electron chi connectivity index (χ4n) is 0.657. The molecular weight excluding hydrogens is 174 g/mol. The van der Waals surface area contributed by atoms with Gasteiger partial charge >= 0.3 is 0 Å². The van der Waals surface area contributed by atoms with Gasteiger partial charge in [0, 0.05) is 12.3 Å². The minimum absolute atomic E-state index is 0.146. The first kappa shape index (κ1) is 9.54. The van der Waals surface area contributed by atoms with Gasteiger partial charge in [0.15, 0.2) is 5.16 Å². The average Bonchev–Trinajstić information content (AvgIpc) is 2.36. The van der Waals surface area contributed by atoms with E-state index in [9.17, 15) is 5.11 Å². The van der Waals surface area contributed by atoms with Crippen molar-refractivity contribution in [2.24, 2.45) is 7.05 Å². The lowest BCUT2D eigenvalue weighted by Gasteiger charge is -2.12. The Hall–Kier alpha value is -0.550. The highest BCUT2D eigenvalue weighted by molar-refractivity contribution is 7.99. The fourth-order valence-corrected chi connectivity index (χ4v) is 1.49. The van der Waals surface area contributed by atoms with Crippen LogP contribution in [0, 0.1) is 0 Å². The number of aryl methyl sites for hydroxylation is 1. The van der Waals surface area contributed by atoms with Crippen LogP contribution in [0.2, 0.25) is 0 Å². The number of hydrogen-bond acceptors (Lipinski definition) is 4. The Labute approximate surface area is 76.0 Å². The summed E-state index contributed by atoms with van der Waals surface area (Å²) in [5, 5.41) is 14.1. The summed E-state index contributed by atoms with van der Waals surface area (Å²) in [6.45, 7) is 3.73. The average molecular weight is 187 g/mol. The monoisotopic (exact) mass is 187 g/mol. The van der Waals surface area contributed by atoms with Gasteiger partial charge in [-0.3, -0.25) is 0 Å². The molecule has 0 spiro atoms. The van der Waals surface area contributed by atoms with Gasteiger partial charge in [-0.05, 0) is 6.92 Å². The Morgan fingerprint density at radius 3 is 2.67 bits per heavy atom. The first-order valence-electron chi connectivity index (χ1n) is 3.80. The highest BCUT2D eigenvalue weighted by Crippen LogP contribution is 2.21. The van der Waals surface area contributed by atoms with Crippen LogP contribution in [0.4, 0.5) is 0 Å². The molecular formula is C7H13N3OS. The second-order valence-corrected chi connectivity index (χ2v) is 4.07. The van der Waals surface area contributed by atoms with Gasteiger partial charge in [-0.2, -0.15) is 5.10 Å². The smallest absolute Gasteiger partial charge is 0.186 e. The lowest BCUT2D eigenvalue weighted by atomic mass is 10.3. The van der Waals surface area contributed by atoms with Crippen LogP contribution in [0.3, 0.4) is 0 Å². The lowest BCUT2D eigenvalue weighted by Crippen LogP contribution is -2.15. The maximum absolute atomic E-state index is 9.23. The molecule has 0 aliphatic carbocycles. The third kappa shape index (κ3) is 2.22. The summed E-state index contributed by atoms with van der Waals surface area (Å²) in [4.78, 5) is 4.04. The van der Waals surface area contributed by atoms with E-state index in [-0.39, 0.29) is 11.4 Å². The number of aliphatic hydroxyl groups excluding tert-OH is 1. The zero-order valence-corrected chi connectivity index (χ0v) is 8.25.